The summed E-state index contributed by atoms with van der Waals surface area (Å²) >= 11 is 0. The average Bonchev–Trinajstić information content (AvgIpc) is 2.95. The molecule has 2 atom stereocenters. The van der Waals surface area contributed by atoms with E-state index >= 15 is 0 Å². The van der Waals surface area contributed by atoms with Crippen molar-refractivity contribution in [2.75, 3.05) is 13.7 Å². The fourth-order valence-corrected chi connectivity index (χ4v) is 4.81. The fourth-order valence-electron chi connectivity index (χ4n) is 4.81. The lowest BCUT2D eigenvalue weighted by Crippen LogP contribution is -2.39. The van der Waals surface area contributed by atoms with Crippen LogP contribution in [0.2, 0.25) is 0 Å². The minimum absolute atomic E-state index is 0.305. The molecule has 27 heavy (non-hydrogen) atoms. The molecule has 2 aliphatic carbocycles. The molecule has 0 fully saturated rings. The van der Waals surface area contributed by atoms with Crippen LogP contribution < -0.4 is 0 Å². The summed E-state index contributed by atoms with van der Waals surface area (Å²) in [6.45, 7) is 3.13. The van der Waals surface area contributed by atoms with Crippen molar-refractivity contribution in [3.8, 4) is 0 Å². The molecule has 0 saturated carbocycles. The first-order valence-corrected chi connectivity index (χ1v) is 9.79. The predicted molar refractivity (Wildman–Crippen MR) is 104 cm³/mol. The molecule has 3 heterocycles. The van der Waals surface area contributed by atoms with E-state index in [1.54, 1.807) is 4.90 Å². The zero-order chi connectivity index (χ0) is 18.5. The Bertz CT molecular complexity index is 874. The lowest BCUT2D eigenvalue weighted by atomic mass is 9.89. The fraction of sp³-hybridized carbons (Fsp3) is 0.409. The van der Waals surface area contributed by atoms with Gasteiger partial charge in [0.1, 0.15) is 0 Å². The number of fused-ring (bicyclic) bond motifs is 6. The number of methoxy groups -OCH3 is 1. The quantitative estimate of drug-likeness (QED) is 0.645. The Hall–Kier alpha value is -2.69. The van der Waals surface area contributed by atoms with E-state index in [1.165, 1.54) is 24.1 Å². The lowest BCUT2D eigenvalue weighted by molar-refractivity contribution is 0.142. The second-order valence-corrected chi connectivity index (χ2v) is 7.88. The maximum atomic E-state index is 12.6. The van der Waals surface area contributed by atoms with Gasteiger partial charge in [-0.3, -0.25) is 4.90 Å². The van der Waals surface area contributed by atoms with Crippen LogP contribution in [0.15, 0.2) is 71.1 Å². The third-order valence-corrected chi connectivity index (χ3v) is 6.19. The molecule has 2 unspecified atom stereocenters. The van der Waals surface area contributed by atoms with E-state index < -0.39 is 0 Å². The summed E-state index contributed by atoms with van der Waals surface area (Å²) in [7, 11) is 1.46. The van der Waals surface area contributed by atoms with Gasteiger partial charge in [-0.15, -0.1) is 0 Å². The molecule has 3 aliphatic heterocycles. The minimum Gasteiger partial charge on any atom is -0.452 e. The zero-order valence-electron chi connectivity index (χ0n) is 15.9. The highest BCUT2D eigenvalue weighted by molar-refractivity contribution is 5.73. The summed E-state index contributed by atoms with van der Waals surface area (Å²) in [5.41, 5.74) is 5.93. The Morgan fingerprint density at radius 2 is 2.11 bits per heavy atom. The number of hydrogen-bond donors (Lipinski definition) is 0. The smallest absolute Gasteiger partial charge is 0.418 e. The summed E-state index contributed by atoms with van der Waals surface area (Å²) in [5, 5.41) is 0. The summed E-state index contributed by atoms with van der Waals surface area (Å²) in [6, 6.07) is 0.392. The molecule has 0 bridgehead atoms. The molecular weight excluding hydrogens is 338 g/mol. The molecule has 0 aromatic rings. The molecule has 0 saturated heterocycles. The lowest BCUT2D eigenvalue weighted by Gasteiger charge is -2.41. The molecule has 140 valence electrons. The molecule has 1 amide bonds. The molecule has 0 radical (unpaired) electrons. The molecule has 0 aromatic heterocycles. The molecule has 0 N–H and O–H groups in total. The van der Waals surface area contributed by atoms with Gasteiger partial charge in [-0.05, 0) is 49.3 Å². The van der Waals surface area contributed by atoms with Gasteiger partial charge < -0.3 is 14.5 Å². The highest BCUT2D eigenvalue weighted by atomic mass is 16.5. The molecule has 0 spiro atoms. The maximum absolute atomic E-state index is 12.6. The molecule has 0 aromatic carbocycles. The highest BCUT2D eigenvalue weighted by Crippen LogP contribution is 2.44. The highest BCUT2D eigenvalue weighted by Gasteiger charge is 2.39. The maximum Gasteiger partial charge on any atom is 0.418 e. The third-order valence-electron chi connectivity index (χ3n) is 6.19. The number of carbonyl (C=O) groups is 1. The van der Waals surface area contributed by atoms with Crippen LogP contribution in [0.1, 0.15) is 32.6 Å². The number of nitrogens with zero attached hydrogens (tertiary/aromatic N) is 3. The van der Waals surface area contributed by atoms with Crippen molar-refractivity contribution in [2.24, 2.45) is 5.92 Å². The Morgan fingerprint density at radius 1 is 1.22 bits per heavy atom. The van der Waals surface area contributed by atoms with Gasteiger partial charge in [0.2, 0.25) is 0 Å². The van der Waals surface area contributed by atoms with E-state index in [0.717, 1.165) is 43.6 Å². The van der Waals surface area contributed by atoms with Crippen LogP contribution in [-0.4, -0.2) is 40.5 Å². The molecule has 5 nitrogen and oxygen atoms in total. The van der Waals surface area contributed by atoms with E-state index in [4.69, 9.17) is 4.74 Å². The molecule has 5 heteroatoms. The average molecular weight is 363 g/mol. The Balaban J connectivity index is 1.63. The van der Waals surface area contributed by atoms with E-state index in [0.29, 0.717) is 12.0 Å². The Morgan fingerprint density at radius 3 is 2.96 bits per heavy atom. The van der Waals surface area contributed by atoms with E-state index in [9.17, 15) is 4.79 Å². The first-order chi connectivity index (χ1) is 13.2. The number of amides is 1. The topological polar surface area (TPSA) is 36.0 Å². The number of hydrogen-bond acceptors (Lipinski definition) is 4. The van der Waals surface area contributed by atoms with Crippen LogP contribution in [0.5, 0.6) is 0 Å². The minimum atomic E-state index is -0.305. The van der Waals surface area contributed by atoms with Crippen molar-refractivity contribution < 1.29 is 9.53 Å². The van der Waals surface area contributed by atoms with Gasteiger partial charge in [0, 0.05) is 30.3 Å². The number of rotatable bonds is 0. The van der Waals surface area contributed by atoms with Crippen molar-refractivity contribution in [1.29, 1.82) is 0 Å². The van der Waals surface area contributed by atoms with Crippen molar-refractivity contribution in [3.63, 3.8) is 0 Å². The van der Waals surface area contributed by atoms with E-state index in [2.05, 4.69) is 53.3 Å². The number of ether oxygens (including phenoxy) is 1. The second kappa shape index (κ2) is 6.19. The standard InChI is InChI=1S/C22H25N3O2/c1-15-8-9-18-19(12-15)25(22(26)27-2)14-21-20-13-16-6-3-4-7-17(16)23(20)10-5-11-24(18)21/h3-6,11,13-15,17H,7-10,12H2,1-2H3. The van der Waals surface area contributed by atoms with Gasteiger partial charge >= 0.3 is 6.09 Å². The van der Waals surface area contributed by atoms with Gasteiger partial charge in [0.05, 0.1) is 24.5 Å². The third kappa shape index (κ3) is 2.48. The van der Waals surface area contributed by atoms with Crippen molar-refractivity contribution >= 4 is 6.09 Å². The van der Waals surface area contributed by atoms with Gasteiger partial charge in [-0.25, -0.2) is 4.79 Å². The Labute approximate surface area is 160 Å². The van der Waals surface area contributed by atoms with Gasteiger partial charge in [-0.2, -0.15) is 0 Å². The first kappa shape index (κ1) is 16.5. The van der Waals surface area contributed by atoms with Gasteiger partial charge in [0.15, 0.2) is 0 Å². The van der Waals surface area contributed by atoms with E-state index in [1.807, 2.05) is 6.20 Å². The van der Waals surface area contributed by atoms with Crippen LogP contribution in [0.3, 0.4) is 0 Å². The van der Waals surface area contributed by atoms with Crippen LogP contribution in [-0.2, 0) is 4.74 Å². The Kier molecular flexibility index (Phi) is 3.78. The SMILES string of the molecule is COC(=O)N1C=C2C3=CC4=CC=CCC4N3CC=CN2C2=C1CC(C)CC2. The molecule has 5 rings (SSSR count). The second-order valence-electron chi connectivity index (χ2n) is 7.88. The van der Waals surface area contributed by atoms with Gasteiger partial charge in [0.25, 0.3) is 0 Å². The number of carbonyl (C=O) groups excluding carboxylic acids is 1. The number of allylic oxidation sites excluding steroid dienone is 4. The largest absolute Gasteiger partial charge is 0.452 e. The summed E-state index contributed by atoms with van der Waals surface area (Å²) in [6.07, 6.45) is 19.0. The monoisotopic (exact) mass is 363 g/mol. The van der Waals surface area contributed by atoms with E-state index in [-0.39, 0.29) is 6.09 Å². The predicted octanol–water partition coefficient (Wildman–Crippen LogP) is 4.23. The first-order valence-electron chi connectivity index (χ1n) is 9.79. The normalized spacial score (nSPS) is 28.5. The van der Waals surface area contributed by atoms with Crippen LogP contribution in [0.4, 0.5) is 4.79 Å². The van der Waals surface area contributed by atoms with Crippen LogP contribution >= 0.6 is 0 Å². The summed E-state index contributed by atoms with van der Waals surface area (Å²) < 4.78 is 5.11. The molecular formula is C22H25N3O2. The molecule has 5 aliphatic rings. The van der Waals surface area contributed by atoms with Gasteiger partial charge in [-0.1, -0.05) is 25.2 Å². The van der Waals surface area contributed by atoms with Crippen molar-refractivity contribution in [3.05, 3.63) is 71.1 Å². The van der Waals surface area contributed by atoms with Crippen LogP contribution in [0, 0.1) is 5.92 Å². The van der Waals surface area contributed by atoms with Crippen molar-refractivity contribution in [1.82, 2.24) is 14.7 Å². The summed E-state index contributed by atoms with van der Waals surface area (Å²) in [5.74, 6) is 0.572. The van der Waals surface area contributed by atoms with Crippen molar-refractivity contribution in [2.45, 2.75) is 38.6 Å². The zero-order valence-corrected chi connectivity index (χ0v) is 15.9. The summed E-state index contributed by atoms with van der Waals surface area (Å²) in [4.78, 5) is 19.1. The van der Waals surface area contributed by atoms with Crippen LogP contribution in [0.25, 0.3) is 0 Å².